The Morgan fingerprint density at radius 2 is 2.22 bits per heavy atom. The van der Waals surface area contributed by atoms with Gasteiger partial charge in [0, 0.05) is 33.7 Å². The van der Waals surface area contributed by atoms with Gasteiger partial charge in [-0.15, -0.1) is 18.2 Å². The Bertz CT molecular complexity index is 578. The molecule has 0 aliphatic rings. The zero-order valence-corrected chi connectivity index (χ0v) is 12.2. The standard InChI is InChI=1S/C14H13BrN2S/c1-2-9-18-10-8-17-14-12-4-3-5-13(15)11(12)6-7-16-14/h1,3-7H,8-10H2,(H,16,17). The van der Waals surface area contributed by atoms with Gasteiger partial charge in [-0.25, -0.2) is 4.98 Å². The monoisotopic (exact) mass is 320 g/mol. The van der Waals surface area contributed by atoms with Crippen LogP contribution in [-0.2, 0) is 0 Å². The molecule has 0 aliphatic carbocycles. The first-order valence-corrected chi connectivity index (χ1v) is 7.56. The summed E-state index contributed by atoms with van der Waals surface area (Å²) < 4.78 is 1.09. The average Bonchev–Trinajstić information content (AvgIpc) is 2.39. The third-order valence-corrected chi connectivity index (χ3v) is 4.03. The van der Waals surface area contributed by atoms with Crippen molar-refractivity contribution in [3.8, 4) is 12.3 Å². The van der Waals surface area contributed by atoms with E-state index in [0.29, 0.717) is 0 Å². The van der Waals surface area contributed by atoms with Crippen molar-refractivity contribution in [1.29, 1.82) is 0 Å². The number of halogens is 1. The fraction of sp³-hybridized carbons (Fsp3) is 0.214. The van der Waals surface area contributed by atoms with Crippen molar-refractivity contribution in [3.63, 3.8) is 0 Å². The molecule has 0 aliphatic heterocycles. The summed E-state index contributed by atoms with van der Waals surface area (Å²) >= 11 is 5.30. The van der Waals surface area contributed by atoms with Crippen molar-refractivity contribution in [2.45, 2.75) is 0 Å². The van der Waals surface area contributed by atoms with Gasteiger partial charge in [0.25, 0.3) is 0 Å². The molecule has 0 saturated heterocycles. The lowest BCUT2D eigenvalue weighted by Gasteiger charge is -2.08. The highest BCUT2D eigenvalue weighted by Gasteiger charge is 2.03. The fourth-order valence-electron chi connectivity index (χ4n) is 1.68. The van der Waals surface area contributed by atoms with E-state index in [1.807, 2.05) is 24.4 Å². The van der Waals surface area contributed by atoms with Crippen LogP contribution >= 0.6 is 27.7 Å². The average molecular weight is 321 g/mol. The van der Waals surface area contributed by atoms with Crippen LogP contribution in [-0.4, -0.2) is 23.0 Å². The van der Waals surface area contributed by atoms with Crippen LogP contribution in [0.5, 0.6) is 0 Å². The lowest BCUT2D eigenvalue weighted by molar-refractivity contribution is 1.18. The van der Waals surface area contributed by atoms with Crippen LogP contribution in [0.3, 0.4) is 0 Å². The van der Waals surface area contributed by atoms with Crippen LogP contribution in [0, 0.1) is 12.3 Å². The number of nitrogens with zero attached hydrogens (tertiary/aromatic N) is 1. The smallest absolute Gasteiger partial charge is 0.133 e. The van der Waals surface area contributed by atoms with Crippen molar-refractivity contribution >= 4 is 44.3 Å². The van der Waals surface area contributed by atoms with E-state index < -0.39 is 0 Å². The van der Waals surface area contributed by atoms with E-state index in [1.54, 1.807) is 11.8 Å². The maximum absolute atomic E-state index is 5.20. The van der Waals surface area contributed by atoms with Gasteiger partial charge < -0.3 is 5.32 Å². The summed E-state index contributed by atoms with van der Waals surface area (Å²) in [6, 6.07) is 8.14. The third-order valence-electron chi connectivity index (χ3n) is 2.48. The van der Waals surface area contributed by atoms with E-state index >= 15 is 0 Å². The first-order valence-electron chi connectivity index (χ1n) is 5.61. The number of pyridine rings is 1. The van der Waals surface area contributed by atoms with Crippen molar-refractivity contribution < 1.29 is 0 Å². The summed E-state index contributed by atoms with van der Waals surface area (Å²) in [5.74, 6) is 5.29. The van der Waals surface area contributed by atoms with Gasteiger partial charge in [-0.3, -0.25) is 0 Å². The van der Waals surface area contributed by atoms with E-state index in [2.05, 4.69) is 38.2 Å². The molecule has 0 fully saturated rings. The van der Waals surface area contributed by atoms with Gasteiger partial charge in [0.15, 0.2) is 0 Å². The largest absolute Gasteiger partial charge is 0.369 e. The number of nitrogens with one attached hydrogen (secondary N) is 1. The number of fused-ring (bicyclic) bond motifs is 1. The number of aromatic nitrogens is 1. The van der Waals surface area contributed by atoms with E-state index in [0.717, 1.165) is 33.7 Å². The molecule has 92 valence electrons. The molecule has 0 unspecified atom stereocenters. The molecule has 0 amide bonds. The molecule has 0 bridgehead atoms. The molecule has 4 heteroatoms. The van der Waals surface area contributed by atoms with Gasteiger partial charge in [0.1, 0.15) is 5.82 Å². The Hall–Kier alpha value is -1.18. The highest BCUT2D eigenvalue weighted by molar-refractivity contribution is 9.10. The highest BCUT2D eigenvalue weighted by Crippen LogP contribution is 2.27. The summed E-state index contributed by atoms with van der Waals surface area (Å²) in [6.07, 6.45) is 7.03. The summed E-state index contributed by atoms with van der Waals surface area (Å²) in [7, 11) is 0. The molecule has 2 rings (SSSR count). The fourth-order valence-corrected chi connectivity index (χ4v) is 2.69. The molecular formula is C14H13BrN2S. The Morgan fingerprint density at radius 3 is 3.06 bits per heavy atom. The summed E-state index contributed by atoms with van der Waals surface area (Å²) in [6.45, 7) is 0.866. The minimum atomic E-state index is 0.760. The van der Waals surface area contributed by atoms with Gasteiger partial charge in [0.05, 0.1) is 5.75 Å². The molecule has 0 radical (unpaired) electrons. The Balaban J connectivity index is 2.09. The first-order chi connectivity index (χ1) is 8.83. The molecule has 1 N–H and O–H groups in total. The normalized spacial score (nSPS) is 10.2. The minimum Gasteiger partial charge on any atom is -0.369 e. The molecule has 0 saturated carbocycles. The van der Waals surface area contributed by atoms with E-state index in [-0.39, 0.29) is 0 Å². The number of terminal acetylenes is 1. The number of hydrogen-bond acceptors (Lipinski definition) is 3. The van der Waals surface area contributed by atoms with Gasteiger partial charge >= 0.3 is 0 Å². The lowest BCUT2D eigenvalue weighted by Crippen LogP contribution is -2.06. The van der Waals surface area contributed by atoms with Crippen LogP contribution in [0.15, 0.2) is 34.9 Å². The predicted octanol–water partition coefficient (Wildman–Crippen LogP) is 3.78. The van der Waals surface area contributed by atoms with Gasteiger partial charge in [-0.1, -0.05) is 34.0 Å². The van der Waals surface area contributed by atoms with Gasteiger partial charge in [0.2, 0.25) is 0 Å². The number of thioether (sulfide) groups is 1. The van der Waals surface area contributed by atoms with E-state index in [1.165, 1.54) is 5.39 Å². The third kappa shape index (κ3) is 3.18. The highest BCUT2D eigenvalue weighted by atomic mass is 79.9. The number of rotatable bonds is 5. The second-order valence-corrected chi connectivity index (χ2v) is 5.64. The summed E-state index contributed by atoms with van der Waals surface area (Å²) in [5.41, 5.74) is 0. The quantitative estimate of drug-likeness (QED) is 0.670. The molecule has 0 atom stereocenters. The van der Waals surface area contributed by atoms with Crippen molar-refractivity contribution in [3.05, 3.63) is 34.9 Å². The molecule has 1 aromatic heterocycles. The van der Waals surface area contributed by atoms with Crippen LogP contribution in [0.4, 0.5) is 5.82 Å². The maximum atomic E-state index is 5.20. The molecule has 1 aromatic carbocycles. The van der Waals surface area contributed by atoms with E-state index in [4.69, 9.17) is 6.42 Å². The minimum absolute atomic E-state index is 0.760. The molecule has 2 aromatic rings. The van der Waals surface area contributed by atoms with Gasteiger partial charge in [-0.2, -0.15) is 0 Å². The first kappa shape index (κ1) is 13.3. The molecule has 0 spiro atoms. The number of hydrogen-bond donors (Lipinski definition) is 1. The number of benzene rings is 1. The second-order valence-electron chi connectivity index (χ2n) is 3.68. The molecule has 2 nitrogen and oxygen atoms in total. The van der Waals surface area contributed by atoms with Crippen LogP contribution < -0.4 is 5.32 Å². The molecular weight excluding hydrogens is 308 g/mol. The zero-order chi connectivity index (χ0) is 12.8. The van der Waals surface area contributed by atoms with Crippen LogP contribution in [0.1, 0.15) is 0 Å². The Morgan fingerprint density at radius 1 is 1.33 bits per heavy atom. The Labute approximate surface area is 120 Å². The maximum Gasteiger partial charge on any atom is 0.133 e. The Kier molecular flexibility index (Phi) is 4.91. The zero-order valence-electron chi connectivity index (χ0n) is 9.82. The van der Waals surface area contributed by atoms with Crippen LogP contribution in [0.25, 0.3) is 10.8 Å². The van der Waals surface area contributed by atoms with Crippen molar-refractivity contribution in [2.75, 3.05) is 23.4 Å². The van der Waals surface area contributed by atoms with Crippen LogP contribution in [0.2, 0.25) is 0 Å². The predicted molar refractivity (Wildman–Crippen MR) is 84.1 cm³/mol. The molecule has 18 heavy (non-hydrogen) atoms. The van der Waals surface area contributed by atoms with Crippen molar-refractivity contribution in [2.24, 2.45) is 0 Å². The van der Waals surface area contributed by atoms with Gasteiger partial charge in [-0.05, 0) is 12.1 Å². The topological polar surface area (TPSA) is 24.9 Å². The summed E-state index contributed by atoms with van der Waals surface area (Å²) in [5, 5.41) is 5.66. The second kappa shape index (κ2) is 6.67. The van der Waals surface area contributed by atoms with Crippen molar-refractivity contribution in [1.82, 2.24) is 4.98 Å². The number of anilines is 1. The lowest BCUT2D eigenvalue weighted by atomic mass is 10.1. The SMILES string of the molecule is C#CCSCCNc1nccc2c(Br)cccc12. The molecule has 1 heterocycles. The summed E-state index contributed by atoms with van der Waals surface area (Å²) in [4.78, 5) is 4.38. The van der Waals surface area contributed by atoms with E-state index in [9.17, 15) is 0 Å².